The first-order valence-electron chi connectivity index (χ1n) is 5.50. The van der Waals surface area contributed by atoms with E-state index >= 15 is 0 Å². The minimum Gasteiger partial charge on any atom is -0.383 e. The van der Waals surface area contributed by atoms with Crippen LogP contribution in [-0.2, 0) is 0 Å². The molecule has 0 atom stereocenters. The van der Waals surface area contributed by atoms with Crippen LogP contribution in [0.4, 0.5) is 5.82 Å². The van der Waals surface area contributed by atoms with E-state index in [0.717, 1.165) is 22.0 Å². The first-order valence-corrected chi connectivity index (χ1v) is 5.88. The van der Waals surface area contributed by atoms with E-state index in [4.69, 9.17) is 17.3 Å². The summed E-state index contributed by atoms with van der Waals surface area (Å²) in [5.74, 6) is 0.514. The van der Waals surface area contributed by atoms with E-state index < -0.39 is 0 Å². The largest absolute Gasteiger partial charge is 0.383 e. The van der Waals surface area contributed by atoms with Gasteiger partial charge in [-0.15, -0.1) is 0 Å². The van der Waals surface area contributed by atoms with Gasteiger partial charge in [0.25, 0.3) is 0 Å². The molecule has 3 rings (SSSR count). The van der Waals surface area contributed by atoms with Gasteiger partial charge in [-0.2, -0.15) is 0 Å². The van der Waals surface area contributed by atoms with Gasteiger partial charge in [-0.25, -0.2) is 4.98 Å². The lowest BCUT2D eigenvalue weighted by Gasteiger charge is -2.06. The molecule has 0 unspecified atom stereocenters. The van der Waals surface area contributed by atoms with Crippen molar-refractivity contribution in [2.75, 3.05) is 5.73 Å². The summed E-state index contributed by atoms with van der Waals surface area (Å²) in [6.45, 7) is 0. The zero-order chi connectivity index (χ0) is 12.5. The maximum Gasteiger partial charge on any atom is 0.132 e. The lowest BCUT2D eigenvalue weighted by atomic mass is 10.1. The molecule has 0 aliphatic heterocycles. The summed E-state index contributed by atoms with van der Waals surface area (Å²) in [6, 6.07) is 11.4. The SMILES string of the molecule is Nc1nc(-c2ccc(Cl)cc2)cc2cnccc12. The van der Waals surface area contributed by atoms with Crippen LogP contribution in [0.3, 0.4) is 0 Å². The van der Waals surface area contributed by atoms with Gasteiger partial charge in [0.1, 0.15) is 5.82 Å². The average molecular weight is 256 g/mol. The summed E-state index contributed by atoms with van der Waals surface area (Å²) in [6.07, 6.45) is 3.50. The first-order chi connectivity index (χ1) is 8.74. The highest BCUT2D eigenvalue weighted by Crippen LogP contribution is 2.26. The molecule has 0 aliphatic carbocycles. The molecule has 0 saturated heterocycles. The van der Waals surface area contributed by atoms with Crippen molar-refractivity contribution < 1.29 is 0 Å². The van der Waals surface area contributed by atoms with E-state index in [9.17, 15) is 0 Å². The van der Waals surface area contributed by atoms with Crippen LogP contribution in [0, 0.1) is 0 Å². The van der Waals surface area contributed by atoms with Crippen LogP contribution in [0.1, 0.15) is 0 Å². The van der Waals surface area contributed by atoms with E-state index in [-0.39, 0.29) is 0 Å². The van der Waals surface area contributed by atoms with Crippen LogP contribution in [0.5, 0.6) is 0 Å². The molecule has 3 nitrogen and oxygen atoms in total. The van der Waals surface area contributed by atoms with E-state index in [2.05, 4.69) is 9.97 Å². The van der Waals surface area contributed by atoms with Crippen molar-refractivity contribution in [1.29, 1.82) is 0 Å². The van der Waals surface area contributed by atoms with Crippen molar-refractivity contribution >= 4 is 28.2 Å². The molecule has 0 radical (unpaired) electrons. The predicted octanol–water partition coefficient (Wildman–Crippen LogP) is 3.53. The molecule has 88 valence electrons. The standard InChI is InChI=1S/C14H10ClN3/c15-11-3-1-9(2-4-11)13-7-10-8-17-6-5-12(10)14(16)18-13/h1-8H,(H2,16,18). The number of nitrogens with two attached hydrogens (primary N) is 1. The number of anilines is 1. The van der Waals surface area contributed by atoms with Crippen LogP contribution in [0.2, 0.25) is 5.02 Å². The van der Waals surface area contributed by atoms with Gasteiger partial charge in [0.15, 0.2) is 0 Å². The minimum atomic E-state index is 0.514. The number of rotatable bonds is 1. The molecule has 3 aromatic rings. The van der Waals surface area contributed by atoms with E-state index in [1.807, 2.05) is 36.4 Å². The van der Waals surface area contributed by atoms with Gasteiger partial charge in [-0.3, -0.25) is 4.98 Å². The molecule has 2 heterocycles. The molecule has 0 spiro atoms. The monoisotopic (exact) mass is 255 g/mol. The van der Waals surface area contributed by atoms with Gasteiger partial charge < -0.3 is 5.73 Å². The Balaban J connectivity index is 2.21. The predicted molar refractivity (Wildman–Crippen MR) is 74.4 cm³/mol. The maximum absolute atomic E-state index is 5.96. The average Bonchev–Trinajstić information content (AvgIpc) is 2.39. The molecule has 2 N–H and O–H groups in total. The van der Waals surface area contributed by atoms with Crippen molar-refractivity contribution in [1.82, 2.24) is 9.97 Å². The third kappa shape index (κ3) is 1.89. The Labute approximate surface area is 109 Å². The topological polar surface area (TPSA) is 51.8 Å². The van der Waals surface area contributed by atoms with Crippen molar-refractivity contribution in [2.45, 2.75) is 0 Å². The Morgan fingerprint density at radius 3 is 2.61 bits per heavy atom. The lowest BCUT2D eigenvalue weighted by molar-refractivity contribution is 1.32. The molecule has 18 heavy (non-hydrogen) atoms. The first kappa shape index (κ1) is 11.0. The summed E-state index contributed by atoms with van der Waals surface area (Å²) < 4.78 is 0. The highest BCUT2D eigenvalue weighted by molar-refractivity contribution is 6.30. The number of nitrogen functional groups attached to an aromatic ring is 1. The molecule has 0 amide bonds. The lowest BCUT2D eigenvalue weighted by Crippen LogP contribution is -1.94. The summed E-state index contributed by atoms with van der Waals surface area (Å²) in [4.78, 5) is 8.51. The fourth-order valence-corrected chi connectivity index (χ4v) is 2.02. The number of pyridine rings is 2. The number of aromatic nitrogens is 2. The fraction of sp³-hybridized carbons (Fsp3) is 0. The van der Waals surface area contributed by atoms with E-state index in [0.29, 0.717) is 10.8 Å². The Morgan fingerprint density at radius 1 is 1.06 bits per heavy atom. The van der Waals surface area contributed by atoms with Crippen LogP contribution in [0.25, 0.3) is 22.0 Å². The molecular weight excluding hydrogens is 246 g/mol. The number of benzene rings is 1. The third-order valence-corrected chi connectivity index (χ3v) is 3.05. The fourth-order valence-electron chi connectivity index (χ4n) is 1.89. The second-order valence-electron chi connectivity index (χ2n) is 4.00. The number of hydrogen-bond donors (Lipinski definition) is 1. The quantitative estimate of drug-likeness (QED) is 0.724. The zero-order valence-corrected chi connectivity index (χ0v) is 10.2. The minimum absolute atomic E-state index is 0.514. The van der Waals surface area contributed by atoms with Crippen molar-refractivity contribution in [3.8, 4) is 11.3 Å². The highest BCUT2D eigenvalue weighted by atomic mass is 35.5. The van der Waals surface area contributed by atoms with Crippen LogP contribution >= 0.6 is 11.6 Å². The third-order valence-electron chi connectivity index (χ3n) is 2.80. The summed E-state index contributed by atoms with van der Waals surface area (Å²) >= 11 is 5.87. The van der Waals surface area contributed by atoms with Crippen LogP contribution in [0.15, 0.2) is 48.8 Å². The molecule has 4 heteroatoms. The normalized spacial score (nSPS) is 10.7. The second kappa shape index (κ2) is 4.27. The number of fused-ring (bicyclic) bond motifs is 1. The van der Waals surface area contributed by atoms with Gasteiger partial charge in [-0.05, 0) is 24.3 Å². The molecule has 1 aromatic carbocycles. The Morgan fingerprint density at radius 2 is 1.83 bits per heavy atom. The molecule has 0 fully saturated rings. The van der Waals surface area contributed by atoms with E-state index in [1.165, 1.54) is 0 Å². The summed E-state index contributed by atoms with van der Waals surface area (Å²) in [5, 5.41) is 2.60. The van der Waals surface area contributed by atoms with Crippen molar-refractivity contribution in [2.24, 2.45) is 0 Å². The van der Waals surface area contributed by atoms with Crippen LogP contribution < -0.4 is 5.73 Å². The molecular formula is C14H10ClN3. The van der Waals surface area contributed by atoms with Crippen molar-refractivity contribution in [3.63, 3.8) is 0 Å². The van der Waals surface area contributed by atoms with Crippen LogP contribution in [-0.4, -0.2) is 9.97 Å². The number of hydrogen-bond acceptors (Lipinski definition) is 3. The van der Waals surface area contributed by atoms with E-state index in [1.54, 1.807) is 12.4 Å². The molecule has 0 aliphatic rings. The van der Waals surface area contributed by atoms with Gasteiger partial charge in [0.05, 0.1) is 5.69 Å². The van der Waals surface area contributed by atoms with Crippen molar-refractivity contribution in [3.05, 3.63) is 53.8 Å². The Bertz CT molecular complexity index is 708. The molecule has 0 bridgehead atoms. The smallest absolute Gasteiger partial charge is 0.132 e. The maximum atomic E-state index is 5.96. The Hall–Kier alpha value is -2.13. The van der Waals surface area contributed by atoms with Gasteiger partial charge in [0, 0.05) is 33.8 Å². The molecule has 2 aromatic heterocycles. The summed E-state index contributed by atoms with van der Waals surface area (Å²) in [5.41, 5.74) is 7.77. The Kier molecular flexibility index (Phi) is 2.61. The molecule has 0 saturated carbocycles. The summed E-state index contributed by atoms with van der Waals surface area (Å²) in [7, 11) is 0. The number of halogens is 1. The van der Waals surface area contributed by atoms with Gasteiger partial charge in [0.2, 0.25) is 0 Å². The number of nitrogens with zero attached hydrogens (tertiary/aromatic N) is 2. The zero-order valence-electron chi connectivity index (χ0n) is 9.47. The van der Waals surface area contributed by atoms with Gasteiger partial charge in [-0.1, -0.05) is 23.7 Å². The second-order valence-corrected chi connectivity index (χ2v) is 4.43. The van der Waals surface area contributed by atoms with Gasteiger partial charge >= 0.3 is 0 Å². The highest BCUT2D eigenvalue weighted by Gasteiger charge is 2.05.